The van der Waals surface area contributed by atoms with E-state index in [0.29, 0.717) is 5.56 Å². The SMILES string of the molecule is Cc1ccc2ccccc2c1-c1ccc(F)c(C(=O)O)c1. The van der Waals surface area contributed by atoms with E-state index in [4.69, 9.17) is 5.11 Å². The molecule has 3 aromatic rings. The summed E-state index contributed by atoms with van der Waals surface area (Å²) in [7, 11) is 0. The third-order valence-electron chi connectivity index (χ3n) is 3.62. The van der Waals surface area contributed by atoms with E-state index in [-0.39, 0.29) is 5.56 Å². The van der Waals surface area contributed by atoms with Gasteiger partial charge in [0.15, 0.2) is 0 Å². The highest BCUT2D eigenvalue weighted by atomic mass is 19.1. The van der Waals surface area contributed by atoms with Crippen molar-refractivity contribution in [2.24, 2.45) is 0 Å². The monoisotopic (exact) mass is 280 g/mol. The van der Waals surface area contributed by atoms with E-state index in [0.717, 1.165) is 21.9 Å². The van der Waals surface area contributed by atoms with Gasteiger partial charge in [-0.3, -0.25) is 0 Å². The Morgan fingerprint density at radius 1 is 1.05 bits per heavy atom. The Morgan fingerprint density at radius 3 is 2.57 bits per heavy atom. The molecule has 0 unspecified atom stereocenters. The molecular weight excluding hydrogens is 267 g/mol. The van der Waals surface area contributed by atoms with Crippen LogP contribution in [-0.4, -0.2) is 11.1 Å². The van der Waals surface area contributed by atoms with E-state index >= 15 is 0 Å². The lowest BCUT2D eigenvalue weighted by Crippen LogP contribution is -2.01. The highest BCUT2D eigenvalue weighted by Gasteiger charge is 2.14. The zero-order chi connectivity index (χ0) is 15.0. The molecule has 0 aliphatic heterocycles. The predicted molar refractivity (Wildman–Crippen MR) is 81.0 cm³/mol. The van der Waals surface area contributed by atoms with Crippen molar-refractivity contribution in [3.05, 3.63) is 71.5 Å². The van der Waals surface area contributed by atoms with Crippen LogP contribution in [-0.2, 0) is 0 Å². The number of hydrogen-bond acceptors (Lipinski definition) is 1. The quantitative estimate of drug-likeness (QED) is 0.741. The van der Waals surface area contributed by atoms with Crippen LogP contribution in [0.4, 0.5) is 4.39 Å². The number of rotatable bonds is 2. The summed E-state index contributed by atoms with van der Waals surface area (Å²) in [4.78, 5) is 11.1. The molecule has 3 heteroatoms. The summed E-state index contributed by atoms with van der Waals surface area (Å²) in [5.41, 5.74) is 2.37. The fourth-order valence-corrected chi connectivity index (χ4v) is 2.61. The summed E-state index contributed by atoms with van der Waals surface area (Å²) in [6.07, 6.45) is 0. The van der Waals surface area contributed by atoms with Gasteiger partial charge in [-0.05, 0) is 46.5 Å². The number of carboxylic acid groups (broad SMARTS) is 1. The molecule has 0 aliphatic carbocycles. The lowest BCUT2D eigenvalue weighted by molar-refractivity contribution is 0.0692. The van der Waals surface area contributed by atoms with E-state index in [9.17, 15) is 9.18 Å². The minimum atomic E-state index is -1.26. The third-order valence-corrected chi connectivity index (χ3v) is 3.62. The average Bonchev–Trinajstić information content (AvgIpc) is 2.48. The maximum Gasteiger partial charge on any atom is 0.338 e. The molecule has 0 fully saturated rings. The highest BCUT2D eigenvalue weighted by molar-refractivity contribution is 5.99. The van der Waals surface area contributed by atoms with Gasteiger partial charge in [-0.15, -0.1) is 0 Å². The summed E-state index contributed by atoms with van der Waals surface area (Å²) in [6.45, 7) is 1.96. The van der Waals surface area contributed by atoms with Crippen LogP contribution in [0.5, 0.6) is 0 Å². The number of halogens is 1. The number of aryl methyl sites for hydroxylation is 1. The van der Waals surface area contributed by atoms with E-state index < -0.39 is 11.8 Å². The number of carbonyl (C=O) groups is 1. The van der Waals surface area contributed by atoms with Gasteiger partial charge in [-0.1, -0.05) is 42.5 Å². The van der Waals surface area contributed by atoms with Gasteiger partial charge in [-0.25, -0.2) is 9.18 Å². The topological polar surface area (TPSA) is 37.3 Å². The molecule has 0 aromatic heterocycles. The molecule has 0 saturated heterocycles. The minimum absolute atomic E-state index is 0.306. The number of fused-ring (bicyclic) bond motifs is 1. The summed E-state index contributed by atoms with van der Waals surface area (Å²) < 4.78 is 13.6. The second-order valence-electron chi connectivity index (χ2n) is 4.98. The van der Waals surface area contributed by atoms with Crippen molar-refractivity contribution in [3.63, 3.8) is 0 Å². The molecule has 0 radical (unpaired) electrons. The van der Waals surface area contributed by atoms with Gasteiger partial charge >= 0.3 is 5.97 Å². The molecule has 0 aliphatic rings. The number of aromatic carboxylic acids is 1. The smallest absolute Gasteiger partial charge is 0.338 e. The third kappa shape index (κ3) is 2.27. The first kappa shape index (κ1) is 13.3. The normalized spacial score (nSPS) is 10.8. The van der Waals surface area contributed by atoms with Crippen molar-refractivity contribution in [3.8, 4) is 11.1 Å². The van der Waals surface area contributed by atoms with Gasteiger partial charge in [-0.2, -0.15) is 0 Å². The molecule has 0 heterocycles. The van der Waals surface area contributed by atoms with Crippen LogP contribution >= 0.6 is 0 Å². The molecule has 0 bridgehead atoms. The molecule has 3 rings (SSSR count). The zero-order valence-electron chi connectivity index (χ0n) is 11.4. The van der Waals surface area contributed by atoms with Crippen LogP contribution in [0, 0.1) is 12.7 Å². The van der Waals surface area contributed by atoms with Crippen molar-refractivity contribution in [2.75, 3.05) is 0 Å². The Balaban J connectivity index is 2.33. The van der Waals surface area contributed by atoms with Crippen LogP contribution in [0.2, 0.25) is 0 Å². The Bertz CT molecular complexity index is 853. The first-order valence-electron chi connectivity index (χ1n) is 6.59. The molecule has 0 saturated carbocycles. The fraction of sp³-hybridized carbons (Fsp3) is 0.0556. The van der Waals surface area contributed by atoms with Crippen LogP contribution < -0.4 is 0 Å². The van der Waals surface area contributed by atoms with Crippen LogP contribution in [0.3, 0.4) is 0 Å². The van der Waals surface area contributed by atoms with Gasteiger partial charge in [0.05, 0.1) is 5.56 Å². The Labute approximate surface area is 121 Å². The molecule has 1 N–H and O–H groups in total. The van der Waals surface area contributed by atoms with Crippen molar-refractivity contribution in [1.29, 1.82) is 0 Å². The fourth-order valence-electron chi connectivity index (χ4n) is 2.61. The molecule has 0 atom stereocenters. The molecule has 2 nitrogen and oxygen atoms in total. The average molecular weight is 280 g/mol. The van der Waals surface area contributed by atoms with Gasteiger partial charge in [0.1, 0.15) is 5.82 Å². The van der Waals surface area contributed by atoms with Crippen molar-refractivity contribution in [2.45, 2.75) is 6.92 Å². The van der Waals surface area contributed by atoms with Gasteiger partial charge in [0.2, 0.25) is 0 Å². The van der Waals surface area contributed by atoms with Crippen molar-refractivity contribution < 1.29 is 14.3 Å². The maximum absolute atomic E-state index is 13.6. The second-order valence-corrected chi connectivity index (χ2v) is 4.98. The van der Waals surface area contributed by atoms with Gasteiger partial charge < -0.3 is 5.11 Å². The lowest BCUT2D eigenvalue weighted by Gasteiger charge is -2.11. The summed E-state index contributed by atoms with van der Waals surface area (Å²) >= 11 is 0. The van der Waals surface area contributed by atoms with E-state index in [2.05, 4.69) is 0 Å². The summed E-state index contributed by atoms with van der Waals surface area (Å²) in [5.74, 6) is -1.98. The highest BCUT2D eigenvalue weighted by Crippen LogP contribution is 2.32. The first-order chi connectivity index (χ1) is 10.1. The zero-order valence-corrected chi connectivity index (χ0v) is 11.4. The van der Waals surface area contributed by atoms with Crippen LogP contribution in [0.15, 0.2) is 54.6 Å². The molecular formula is C18H13FO2. The summed E-state index contributed by atoms with van der Waals surface area (Å²) in [6, 6.07) is 16.1. The van der Waals surface area contributed by atoms with Crippen LogP contribution in [0.25, 0.3) is 21.9 Å². The summed E-state index contributed by atoms with van der Waals surface area (Å²) in [5, 5.41) is 11.2. The van der Waals surface area contributed by atoms with E-state index in [1.165, 1.54) is 12.1 Å². The largest absolute Gasteiger partial charge is 0.478 e. The van der Waals surface area contributed by atoms with Crippen molar-refractivity contribution in [1.82, 2.24) is 0 Å². The predicted octanol–water partition coefficient (Wildman–Crippen LogP) is 4.65. The molecule has 0 spiro atoms. The van der Waals surface area contributed by atoms with Crippen molar-refractivity contribution >= 4 is 16.7 Å². The van der Waals surface area contributed by atoms with Gasteiger partial charge in [0.25, 0.3) is 0 Å². The van der Waals surface area contributed by atoms with Crippen LogP contribution in [0.1, 0.15) is 15.9 Å². The molecule has 21 heavy (non-hydrogen) atoms. The first-order valence-corrected chi connectivity index (χ1v) is 6.59. The maximum atomic E-state index is 13.6. The molecule has 3 aromatic carbocycles. The Kier molecular flexibility index (Phi) is 3.18. The molecule has 0 amide bonds. The molecule has 104 valence electrons. The number of hydrogen-bond donors (Lipinski definition) is 1. The number of carboxylic acids is 1. The Morgan fingerprint density at radius 2 is 1.81 bits per heavy atom. The van der Waals surface area contributed by atoms with Gasteiger partial charge in [0, 0.05) is 0 Å². The standard InChI is InChI=1S/C18H13FO2/c1-11-6-7-12-4-2-3-5-14(12)17(11)13-8-9-16(19)15(10-13)18(20)21/h2-10H,1H3,(H,20,21). The lowest BCUT2D eigenvalue weighted by atomic mass is 9.93. The van der Waals surface area contributed by atoms with E-state index in [1.54, 1.807) is 6.07 Å². The second kappa shape index (κ2) is 5.02. The Hall–Kier alpha value is -2.68. The van der Waals surface area contributed by atoms with E-state index in [1.807, 2.05) is 43.3 Å². The minimum Gasteiger partial charge on any atom is -0.478 e. The number of benzene rings is 3.